The van der Waals surface area contributed by atoms with Crippen LogP contribution in [0.5, 0.6) is 11.5 Å². The normalized spacial score (nSPS) is 14.5. The molecule has 37 heavy (non-hydrogen) atoms. The highest BCUT2D eigenvalue weighted by atomic mass is 32.2. The molecule has 0 saturated heterocycles. The Morgan fingerprint density at radius 3 is 2.43 bits per heavy atom. The summed E-state index contributed by atoms with van der Waals surface area (Å²) in [6.07, 6.45) is 4.27. The first-order valence-electron chi connectivity index (χ1n) is 11.6. The Morgan fingerprint density at radius 2 is 1.81 bits per heavy atom. The molecule has 0 spiro atoms. The Hall–Kier alpha value is -3.45. The average molecular weight is 545 g/mol. The Bertz CT molecular complexity index is 1490. The van der Waals surface area contributed by atoms with Crippen molar-refractivity contribution in [2.24, 2.45) is 0 Å². The van der Waals surface area contributed by atoms with E-state index in [1.54, 1.807) is 29.7 Å². The van der Waals surface area contributed by atoms with Gasteiger partial charge in [0.25, 0.3) is 0 Å². The molecular weight excluding hydrogens is 519 g/mol. The molecule has 1 fully saturated rings. The van der Waals surface area contributed by atoms with E-state index in [1.165, 1.54) is 25.6 Å². The maximum Gasteiger partial charge on any atom is 0.197 e. The summed E-state index contributed by atoms with van der Waals surface area (Å²) in [6.45, 7) is 1.57. The maximum atomic E-state index is 13.4. The molecule has 1 aliphatic carbocycles. The highest BCUT2D eigenvalue weighted by Gasteiger charge is 2.31. The summed E-state index contributed by atoms with van der Waals surface area (Å²) in [5.41, 5.74) is 1.49. The highest BCUT2D eigenvalue weighted by Crippen LogP contribution is 2.42. The number of aromatic nitrogens is 6. The standard InChI is InChI=1S/C24H25FN6O4S2/c1-14(9-20-26-10-16(25)11-27-20)37(32,33)13-21-29-30-23(24-28-17(12-36-24)15-7-8-15)31(21)22-18(34-2)5-4-6-19(22)35-3/h4-6,10-12,14-15H,7-9,13H2,1-3H3/t14-/m0/s1. The van der Waals surface area contributed by atoms with Crippen molar-refractivity contribution >= 4 is 21.2 Å². The molecule has 0 N–H and O–H groups in total. The largest absolute Gasteiger partial charge is 0.494 e. The van der Waals surface area contributed by atoms with Gasteiger partial charge in [-0.05, 0) is 31.9 Å². The summed E-state index contributed by atoms with van der Waals surface area (Å²) in [5, 5.41) is 10.4. The summed E-state index contributed by atoms with van der Waals surface area (Å²) in [6, 6.07) is 5.29. The van der Waals surface area contributed by atoms with Gasteiger partial charge in [-0.15, -0.1) is 21.5 Å². The van der Waals surface area contributed by atoms with Gasteiger partial charge < -0.3 is 9.47 Å². The Kier molecular flexibility index (Phi) is 6.90. The molecule has 194 valence electrons. The molecule has 5 rings (SSSR count). The molecule has 0 amide bonds. The zero-order valence-electron chi connectivity index (χ0n) is 20.5. The van der Waals surface area contributed by atoms with E-state index in [2.05, 4.69) is 20.2 Å². The van der Waals surface area contributed by atoms with Gasteiger partial charge in [-0.1, -0.05) is 6.07 Å². The second kappa shape index (κ2) is 10.1. The van der Waals surface area contributed by atoms with Crippen LogP contribution in [0.1, 0.15) is 43.0 Å². The number of sulfone groups is 1. The summed E-state index contributed by atoms with van der Waals surface area (Å²) >= 11 is 1.43. The van der Waals surface area contributed by atoms with E-state index in [9.17, 15) is 12.8 Å². The minimum Gasteiger partial charge on any atom is -0.494 e. The van der Waals surface area contributed by atoms with E-state index in [0.717, 1.165) is 30.9 Å². The first-order chi connectivity index (χ1) is 17.8. The number of methoxy groups -OCH3 is 2. The lowest BCUT2D eigenvalue weighted by molar-refractivity contribution is 0.391. The zero-order chi connectivity index (χ0) is 26.2. The van der Waals surface area contributed by atoms with Gasteiger partial charge in [-0.25, -0.2) is 27.8 Å². The summed E-state index contributed by atoms with van der Waals surface area (Å²) in [5.74, 6) is 1.21. The lowest BCUT2D eigenvalue weighted by atomic mass is 10.2. The van der Waals surface area contributed by atoms with Crippen LogP contribution in [0.4, 0.5) is 4.39 Å². The second-order valence-corrected chi connectivity index (χ2v) is 12.1. The number of ether oxygens (including phenoxy) is 2. The monoisotopic (exact) mass is 544 g/mol. The van der Waals surface area contributed by atoms with Gasteiger partial charge in [-0.3, -0.25) is 4.57 Å². The Labute approximate surface area is 217 Å². The molecule has 0 radical (unpaired) electrons. The van der Waals surface area contributed by atoms with E-state index in [0.29, 0.717) is 33.9 Å². The summed E-state index contributed by atoms with van der Waals surface area (Å²) in [7, 11) is -0.702. The van der Waals surface area contributed by atoms with Crippen LogP contribution in [0, 0.1) is 5.82 Å². The van der Waals surface area contributed by atoms with Crippen LogP contribution in [0.15, 0.2) is 36.0 Å². The van der Waals surface area contributed by atoms with Crippen LogP contribution in [0.2, 0.25) is 0 Å². The molecule has 13 heteroatoms. The van der Waals surface area contributed by atoms with E-state index < -0.39 is 26.7 Å². The minimum atomic E-state index is -3.75. The molecule has 4 aromatic rings. The quantitative estimate of drug-likeness (QED) is 0.294. The number of nitrogens with zero attached hydrogens (tertiary/aromatic N) is 6. The van der Waals surface area contributed by atoms with Gasteiger partial charge in [0, 0.05) is 17.7 Å². The minimum absolute atomic E-state index is 0.0266. The molecular formula is C24H25FN6O4S2. The van der Waals surface area contributed by atoms with Crippen LogP contribution < -0.4 is 9.47 Å². The fourth-order valence-corrected chi connectivity index (χ4v) is 6.05. The van der Waals surface area contributed by atoms with Crippen LogP contribution in [-0.2, 0) is 22.0 Å². The number of hydrogen-bond donors (Lipinski definition) is 0. The number of rotatable bonds is 10. The van der Waals surface area contributed by atoms with Crippen molar-refractivity contribution in [2.45, 2.75) is 43.1 Å². The summed E-state index contributed by atoms with van der Waals surface area (Å²) < 4.78 is 52.9. The number of hydrogen-bond acceptors (Lipinski definition) is 10. The second-order valence-electron chi connectivity index (χ2n) is 8.78. The zero-order valence-corrected chi connectivity index (χ0v) is 22.1. The van der Waals surface area contributed by atoms with Crippen molar-refractivity contribution in [3.05, 3.63) is 59.1 Å². The van der Waals surface area contributed by atoms with Crippen molar-refractivity contribution in [1.29, 1.82) is 0 Å². The molecule has 3 aromatic heterocycles. The van der Waals surface area contributed by atoms with E-state index in [-0.39, 0.29) is 18.1 Å². The van der Waals surface area contributed by atoms with Crippen molar-refractivity contribution in [1.82, 2.24) is 29.7 Å². The molecule has 0 aliphatic heterocycles. The van der Waals surface area contributed by atoms with E-state index in [1.807, 2.05) is 5.38 Å². The SMILES string of the molecule is COc1cccc(OC)c1-n1c(CS(=O)(=O)[C@@H](C)Cc2ncc(F)cn2)nnc1-c1nc(C2CC2)cs1. The third-order valence-corrected chi connectivity index (χ3v) is 9.06. The first kappa shape index (κ1) is 25.2. The number of halogens is 1. The molecule has 10 nitrogen and oxygen atoms in total. The van der Waals surface area contributed by atoms with Gasteiger partial charge in [0.15, 0.2) is 32.3 Å². The van der Waals surface area contributed by atoms with Gasteiger partial charge in [0.05, 0.1) is 37.6 Å². The molecule has 1 aliphatic rings. The van der Waals surface area contributed by atoms with Crippen molar-refractivity contribution < 1.29 is 22.3 Å². The molecule has 0 bridgehead atoms. The fraction of sp³-hybridized carbons (Fsp3) is 0.375. The summed E-state index contributed by atoms with van der Waals surface area (Å²) in [4.78, 5) is 12.5. The smallest absolute Gasteiger partial charge is 0.197 e. The molecule has 3 heterocycles. The lowest BCUT2D eigenvalue weighted by Gasteiger charge is -2.17. The van der Waals surface area contributed by atoms with E-state index >= 15 is 0 Å². The Balaban J connectivity index is 1.56. The van der Waals surface area contributed by atoms with Crippen molar-refractivity contribution in [2.75, 3.05) is 14.2 Å². The average Bonchev–Trinajstić information content (AvgIpc) is 3.49. The fourth-order valence-electron chi connectivity index (χ4n) is 3.94. The van der Waals surface area contributed by atoms with Gasteiger partial charge in [-0.2, -0.15) is 0 Å². The molecule has 1 saturated carbocycles. The van der Waals surface area contributed by atoms with Gasteiger partial charge >= 0.3 is 0 Å². The predicted molar refractivity (Wildman–Crippen MR) is 135 cm³/mol. The van der Waals surface area contributed by atoms with Gasteiger partial charge in [0.2, 0.25) is 0 Å². The number of para-hydroxylation sites is 1. The third-order valence-electron chi connectivity index (χ3n) is 6.15. The highest BCUT2D eigenvalue weighted by molar-refractivity contribution is 7.91. The van der Waals surface area contributed by atoms with E-state index in [4.69, 9.17) is 14.5 Å². The Morgan fingerprint density at radius 1 is 1.14 bits per heavy atom. The third kappa shape index (κ3) is 5.18. The van der Waals surface area contributed by atoms with Crippen molar-refractivity contribution in [3.63, 3.8) is 0 Å². The van der Waals surface area contributed by atoms with Crippen LogP contribution in [-0.4, -0.2) is 57.6 Å². The number of benzene rings is 1. The molecule has 1 atom stereocenters. The maximum absolute atomic E-state index is 13.4. The van der Waals surface area contributed by atoms with Crippen LogP contribution in [0.3, 0.4) is 0 Å². The van der Waals surface area contributed by atoms with Crippen LogP contribution >= 0.6 is 11.3 Å². The van der Waals surface area contributed by atoms with Gasteiger partial charge in [0.1, 0.15) is 28.8 Å². The first-order valence-corrected chi connectivity index (χ1v) is 14.2. The van der Waals surface area contributed by atoms with Crippen molar-refractivity contribution in [3.8, 4) is 28.0 Å². The predicted octanol–water partition coefficient (Wildman–Crippen LogP) is 3.76. The molecule has 1 aromatic carbocycles. The lowest BCUT2D eigenvalue weighted by Crippen LogP contribution is -2.24. The topological polar surface area (TPSA) is 122 Å². The number of thiazole rings is 1. The molecule has 0 unspecified atom stereocenters. The van der Waals surface area contributed by atoms with Crippen LogP contribution in [0.25, 0.3) is 16.5 Å².